The van der Waals surface area contributed by atoms with Crippen molar-refractivity contribution in [2.45, 2.75) is 26.3 Å². The average molecular weight is 260 g/mol. The minimum absolute atomic E-state index is 0.0425. The molecule has 5 heteroatoms. The Labute approximate surface area is 113 Å². The van der Waals surface area contributed by atoms with Crippen LogP contribution in [0.25, 0.3) is 0 Å². The van der Waals surface area contributed by atoms with Gasteiger partial charge in [-0.25, -0.2) is 4.79 Å². The minimum atomic E-state index is -0.300. The van der Waals surface area contributed by atoms with E-state index < -0.39 is 0 Å². The van der Waals surface area contributed by atoms with Gasteiger partial charge < -0.3 is 16.4 Å². The summed E-state index contributed by atoms with van der Waals surface area (Å²) in [6.07, 6.45) is 0.835. The van der Waals surface area contributed by atoms with E-state index in [1.165, 1.54) is 0 Å². The molecule has 1 unspecified atom stereocenters. The van der Waals surface area contributed by atoms with Crippen molar-refractivity contribution >= 4 is 11.7 Å². The lowest BCUT2D eigenvalue weighted by Crippen LogP contribution is -2.43. The van der Waals surface area contributed by atoms with Crippen molar-refractivity contribution < 1.29 is 4.79 Å². The van der Waals surface area contributed by atoms with Crippen LogP contribution in [0.15, 0.2) is 24.3 Å². The Kier molecular flexibility index (Phi) is 5.83. The smallest absolute Gasteiger partial charge is 0.319 e. The summed E-state index contributed by atoms with van der Waals surface area (Å²) in [5, 5.41) is 14.3. The normalized spacial score (nSPS) is 11.7. The second-order valence-corrected chi connectivity index (χ2v) is 4.85. The minimum Gasteiger partial charge on any atom is -0.334 e. The fraction of sp³-hybridized carbons (Fsp3) is 0.429. The van der Waals surface area contributed by atoms with Crippen molar-refractivity contribution in [3.63, 3.8) is 0 Å². The van der Waals surface area contributed by atoms with Crippen LogP contribution in [0.1, 0.15) is 25.8 Å². The molecule has 19 heavy (non-hydrogen) atoms. The van der Waals surface area contributed by atoms with Crippen molar-refractivity contribution in [1.82, 2.24) is 5.32 Å². The first kappa shape index (κ1) is 15.0. The highest BCUT2D eigenvalue weighted by molar-refractivity contribution is 5.89. The molecule has 0 aliphatic rings. The first-order chi connectivity index (χ1) is 9.05. The first-order valence-corrected chi connectivity index (χ1v) is 6.33. The average Bonchev–Trinajstić information content (AvgIpc) is 2.37. The van der Waals surface area contributed by atoms with Gasteiger partial charge in [0.1, 0.15) is 0 Å². The molecule has 0 saturated carbocycles. The number of nitriles is 1. The second kappa shape index (κ2) is 7.39. The molecule has 5 nitrogen and oxygen atoms in total. The van der Waals surface area contributed by atoms with Crippen molar-refractivity contribution in [3.8, 4) is 6.07 Å². The largest absolute Gasteiger partial charge is 0.334 e. The molecule has 0 bridgehead atoms. The zero-order chi connectivity index (χ0) is 14.3. The molecule has 1 aromatic rings. The summed E-state index contributed by atoms with van der Waals surface area (Å²) in [7, 11) is 0. The predicted molar refractivity (Wildman–Crippen MR) is 75.6 cm³/mol. The molecule has 1 aromatic carbocycles. The molecule has 4 N–H and O–H groups in total. The van der Waals surface area contributed by atoms with E-state index in [-0.39, 0.29) is 12.1 Å². The second-order valence-electron chi connectivity index (χ2n) is 4.85. The number of benzene rings is 1. The van der Waals surface area contributed by atoms with E-state index in [0.29, 0.717) is 23.7 Å². The standard InChI is InChI=1S/C14H20N4O/c1-10(2)6-13(9-16)18-14(19)17-12-5-3-4-11(7-12)8-15/h3-5,7,10,13H,6,9,16H2,1-2H3,(H2,17,18,19). The number of carbonyl (C=O) groups is 1. The van der Waals surface area contributed by atoms with Crippen LogP contribution in [0, 0.1) is 17.2 Å². The fourth-order valence-electron chi connectivity index (χ4n) is 1.80. The van der Waals surface area contributed by atoms with Gasteiger partial charge in [-0.3, -0.25) is 0 Å². The number of rotatable bonds is 5. The number of nitrogens with zero attached hydrogens (tertiary/aromatic N) is 1. The molecule has 0 aliphatic heterocycles. The molecule has 0 radical (unpaired) electrons. The lowest BCUT2D eigenvalue weighted by atomic mass is 10.0. The lowest BCUT2D eigenvalue weighted by molar-refractivity contribution is 0.247. The predicted octanol–water partition coefficient (Wildman–Crippen LogP) is 2.05. The summed E-state index contributed by atoms with van der Waals surface area (Å²) in [5.74, 6) is 0.468. The van der Waals surface area contributed by atoms with E-state index in [0.717, 1.165) is 6.42 Å². The van der Waals surface area contributed by atoms with E-state index in [1.807, 2.05) is 6.07 Å². The van der Waals surface area contributed by atoms with Crippen LogP contribution in [0.3, 0.4) is 0 Å². The van der Waals surface area contributed by atoms with E-state index >= 15 is 0 Å². The Bertz CT molecular complexity index is 465. The van der Waals surface area contributed by atoms with Gasteiger partial charge in [0.2, 0.25) is 0 Å². The summed E-state index contributed by atoms with van der Waals surface area (Å²) in [6, 6.07) is 8.46. The van der Waals surface area contributed by atoms with Gasteiger partial charge in [0, 0.05) is 18.3 Å². The van der Waals surface area contributed by atoms with Crippen molar-refractivity contribution in [1.29, 1.82) is 5.26 Å². The zero-order valence-electron chi connectivity index (χ0n) is 11.3. The summed E-state index contributed by atoms with van der Waals surface area (Å²) in [4.78, 5) is 11.8. The molecule has 0 spiro atoms. The Morgan fingerprint density at radius 1 is 1.47 bits per heavy atom. The van der Waals surface area contributed by atoms with Crippen LogP contribution in [-0.2, 0) is 0 Å². The lowest BCUT2D eigenvalue weighted by Gasteiger charge is -2.19. The number of urea groups is 1. The van der Waals surface area contributed by atoms with Gasteiger partial charge in [-0.15, -0.1) is 0 Å². The van der Waals surface area contributed by atoms with Gasteiger partial charge in [0.15, 0.2) is 0 Å². The van der Waals surface area contributed by atoms with Gasteiger partial charge in [-0.1, -0.05) is 19.9 Å². The Morgan fingerprint density at radius 3 is 2.79 bits per heavy atom. The first-order valence-electron chi connectivity index (χ1n) is 6.33. The number of carbonyl (C=O) groups excluding carboxylic acids is 1. The van der Waals surface area contributed by atoms with Gasteiger partial charge >= 0.3 is 6.03 Å². The number of amides is 2. The van der Waals surface area contributed by atoms with Gasteiger partial charge in [0.25, 0.3) is 0 Å². The van der Waals surface area contributed by atoms with Crippen LogP contribution < -0.4 is 16.4 Å². The Hall–Kier alpha value is -2.06. The van der Waals surface area contributed by atoms with E-state index in [4.69, 9.17) is 11.0 Å². The molecule has 102 valence electrons. The van der Waals surface area contributed by atoms with Crippen molar-refractivity contribution in [2.24, 2.45) is 11.7 Å². The fourth-order valence-corrected chi connectivity index (χ4v) is 1.80. The molecule has 1 atom stereocenters. The molecule has 0 saturated heterocycles. The molecule has 0 aromatic heterocycles. The van der Waals surface area contributed by atoms with Gasteiger partial charge in [-0.2, -0.15) is 5.26 Å². The summed E-state index contributed by atoms with van der Waals surface area (Å²) in [6.45, 7) is 4.57. The third-order valence-corrected chi connectivity index (χ3v) is 2.63. The molecular weight excluding hydrogens is 240 g/mol. The van der Waals surface area contributed by atoms with E-state index in [9.17, 15) is 4.79 Å². The van der Waals surface area contributed by atoms with Crippen LogP contribution in [0.4, 0.5) is 10.5 Å². The third kappa shape index (κ3) is 5.40. The van der Waals surface area contributed by atoms with Crippen LogP contribution in [0.5, 0.6) is 0 Å². The third-order valence-electron chi connectivity index (χ3n) is 2.63. The highest BCUT2D eigenvalue weighted by Crippen LogP contribution is 2.10. The van der Waals surface area contributed by atoms with Crippen LogP contribution >= 0.6 is 0 Å². The van der Waals surface area contributed by atoms with E-state index in [2.05, 4.69) is 24.5 Å². The maximum Gasteiger partial charge on any atom is 0.319 e. The van der Waals surface area contributed by atoms with Crippen molar-refractivity contribution in [3.05, 3.63) is 29.8 Å². The molecule has 2 amide bonds. The summed E-state index contributed by atoms with van der Waals surface area (Å²) < 4.78 is 0. The number of hydrogen-bond donors (Lipinski definition) is 3. The Balaban J connectivity index is 2.56. The molecular formula is C14H20N4O. The topological polar surface area (TPSA) is 90.9 Å². The quantitative estimate of drug-likeness (QED) is 0.756. The zero-order valence-corrected chi connectivity index (χ0v) is 11.3. The van der Waals surface area contributed by atoms with Gasteiger partial charge in [-0.05, 0) is 30.5 Å². The number of hydrogen-bond acceptors (Lipinski definition) is 3. The van der Waals surface area contributed by atoms with Gasteiger partial charge in [0.05, 0.1) is 11.6 Å². The van der Waals surface area contributed by atoms with Crippen LogP contribution in [-0.4, -0.2) is 18.6 Å². The van der Waals surface area contributed by atoms with Crippen LogP contribution in [0.2, 0.25) is 0 Å². The molecule has 0 aliphatic carbocycles. The Morgan fingerprint density at radius 2 is 2.21 bits per heavy atom. The van der Waals surface area contributed by atoms with Crippen molar-refractivity contribution in [2.75, 3.05) is 11.9 Å². The summed E-state index contributed by atoms with van der Waals surface area (Å²) in [5.41, 5.74) is 6.73. The molecule has 0 heterocycles. The number of anilines is 1. The van der Waals surface area contributed by atoms with E-state index in [1.54, 1.807) is 24.3 Å². The molecule has 1 rings (SSSR count). The summed E-state index contributed by atoms with van der Waals surface area (Å²) >= 11 is 0. The highest BCUT2D eigenvalue weighted by Gasteiger charge is 2.12. The monoisotopic (exact) mass is 260 g/mol. The SMILES string of the molecule is CC(C)CC(CN)NC(=O)Nc1cccc(C#N)c1. The maximum absolute atomic E-state index is 11.8. The number of nitrogens with two attached hydrogens (primary N) is 1. The number of nitrogens with one attached hydrogen (secondary N) is 2. The molecule has 0 fully saturated rings. The maximum atomic E-state index is 11.8. The highest BCUT2D eigenvalue weighted by atomic mass is 16.2.